The molecule has 4 heteroatoms. The van der Waals surface area contributed by atoms with Crippen molar-refractivity contribution in [1.82, 2.24) is 9.55 Å². The number of benzene rings is 1. The first-order valence-electron chi connectivity index (χ1n) is 12.4. The van der Waals surface area contributed by atoms with Gasteiger partial charge in [0.05, 0.1) is 5.52 Å². The van der Waals surface area contributed by atoms with Crippen molar-refractivity contribution < 1.29 is 0 Å². The summed E-state index contributed by atoms with van der Waals surface area (Å²) in [6.45, 7) is 10.0. The standard InChI is InChI=1S/C28H37N3.ClH/c1-20-10-7-8-13-24(20)19-31-22(3)21(2)26-15-16-29-28(27(26)31)30-17-9-14-25(18-30)23-11-5-4-6-12-23;/h7-8,10,13,15-16,23,25H,4-6,9,11-12,14,17-19H2,1-3H3;1H. The highest BCUT2D eigenvalue weighted by Gasteiger charge is 2.30. The highest BCUT2D eigenvalue weighted by molar-refractivity contribution is 5.93. The van der Waals surface area contributed by atoms with Crippen molar-refractivity contribution in [2.45, 2.75) is 72.3 Å². The molecule has 0 radical (unpaired) electrons. The van der Waals surface area contributed by atoms with E-state index in [9.17, 15) is 0 Å². The SMILES string of the molecule is Cc1ccccc1Cn1c(C)c(C)c2ccnc(N3CCCC(C4CCCCC4)C3)c21.Cl. The van der Waals surface area contributed by atoms with E-state index in [2.05, 4.69) is 60.6 Å². The molecular weight excluding hydrogens is 414 g/mol. The second-order valence-electron chi connectivity index (χ2n) is 10.0. The fraction of sp³-hybridized carbons (Fsp3) is 0.536. The number of rotatable bonds is 4. The van der Waals surface area contributed by atoms with Gasteiger partial charge in [0.25, 0.3) is 0 Å². The Balaban J connectivity index is 0.00000245. The number of piperidine rings is 1. The largest absolute Gasteiger partial charge is 0.355 e. The van der Waals surface area contributed by atoms with E-state index < -0.39 is 0 Å². The van der Waals surface area contributed by atoms with E-state index >= 15 is 0 Å². The summed E-state index contributed by atoms with van der Waals surface area (Å²) >= 11 is 0. The van der Waals surface area contributed by atoms with Gasteiger partial charge in [0.15, 0.2) is 5.82 Å². The maximum absolute atomic E-state index is 4.99. The Morgan fingerprint density at radius 2 is 1.66 bits per heavy atom. The smallest absolute Gasteiger partial charge is 0.153 e. The van der Waals surface area contributed by atoms with Crippen LogP contribution in [0.25, 0.3) is 10.9 Å². The molecule has 1 unspecified atom stereocenters. The van der Waals surface area contributed by atoms with Crippen LogP contribution in [0.1, 0.15) is 67.3 Å². The monoisotopic (exact) mass is 451 g/mol. The molecule has 0 bridgehead atoms. The summed E-state index contributed by atoms with van der Waals surface area (Å²) in [5, 5.41) is 1.37. The zero-order valence-corrected chi connectivity index (χ0v) is 20.8. The van der Waals surface area contributed by atoms with E-state index in [1.807, 2.05) is 6.20 Å². The number of fused-ring (bicyclic) bond motifs is 1. The second kappa shape index (κ2) is 9.87. The fourth-order valence-corrected chi connectivity index (χ4v) is 6.16. The number of anilines is 1. The Labute approximate surface area is 199 Å². The van der Waals surface area contributed by atoms with Crippen LogP contribution in [0, 0.1) is 32.6 Å². The van der Waals surface area contributed by atoms with Crippen molar-refractivity contribution in [3.63, 3.8) is 0 Å². The molecule has 3 aromatic rings. The molecule has 2 aromatic heterocycles. The predicted molar refractivity (Wildman–Crippen MR) is 138 cm³/mol. The van der Waals surface area contributed by atoms with Crippen LogP contribution in [-0.4, -0.2) is 22.6 Å². The first kappa shape index (κ1) is 23.2. The van der Waals surface area contributed by atoms with Gasteiger partial charge in [-0.15, -0.1) is 12.4 Å². The number of pyridine rings is 1. The minimum absolute atomic E-state index is 0. The molecule has 1 aliphatic heterocycles. The van der Waals surface area contributed by atoms with Crippen molar-refractivity contribution in [3.05, 3.63) is 58.9 Å². The van der Waals surface area contributed by atoms with Gasteiger partial charge in [0.2, 0.25) is 0 Å². The quantitative estimate of drug-likeness (QED) is 0.417. The number of hydrogen-bond acceptors (Lipinski definition) is 2. The number of hydrogen-bond donors (Lipinski definition) is 0. The summed E-state index contributed by atoms with van der Waals surface area (Å²) in [7, 11) is 0. The molecule has 0 spiro atoms. The molecule has 1 saturated heterocycles. The molecule has 172 valence electrons. The van der Waals surface area contributed by atoms with E-state index in [1.54, 1.807) is 0 Å². The summed E-state index contributed by atoms with van der Waals surface area (Å²) in [5.74, 6) is 2.98. The highest BCUT2D eigenvalue weighted by atomic mass is 35.5. The summed E-state index contributed by atoms with van der Waals surface area (Å²) in [6.07, 6.45) is 11.9. The van der Waals surface area contributed by atoms with Crippen LogP contribution >= 0.6 is 12.4 Å². The van der Waals surface area contributed by atoms with Crippen LogP contribution in [-0.2, 0) is 6.54 Å². The van der Waals surface area contributed by atoms with Gasteiger partial charge in [-0.3, -0.25) is 0 Å². The van der Waals surface area contributed by atoms with Gasteiger partial charge in [-0.1, -0.05) is 56.4 Å². The Morgan fingerprint density at radius 1 is 0.906 bits per heavy atom. The Morgan fingerprint density at radius 3 is 2.44 bits per heavy atom. The van der Waals surface area contributed by atoms with Crippen LogP contribution in [0.5, 0.6) is 0 Å². The lowest BCUT2D eigenvalue weighted by molar-refractivity contribution is 0.220. The lowest BCUT2D eigenvalue weighted by atomic mass is 9.76. The molecule has 1 saturated carbocycles. The van der Waals surface area contributed by atoms with Crippen LogP contribution in [0.2, 0.25) is 0 Å². The predicted octanol–water partition coefficient (Wildman–Crippen LogP) is 7.23. The van der Waals surface area contributed by atoms with Crippen molar-refractivity contribution in [3.8, 4) is 0 Å². The molecule has 1 atom stereocenters. The van der Waals surface area contributed by atoms with Gasteiger partial charge >= 0.3 is 0 Å². The molecular formula is C28H38ClN3. The van der Waals surface area contributed by atoms with Gasteiger partial charge in [-0.05, 0) is 68.2 Å². The van der Waals surface area contributed by atoms with E-state index in [4.69, 9.17) is 4.98 Å². The molecule has 5 rings (SSSR count). The summed E-state index contributed by atoms with van der Waals surface area (Å²) in [5.41, 5.74) is 6.87. The van der Waals surface area contributed by atoms with E-state index in [0.717, 1.165) is 24.9 Å². The zero-order chi connectivity index (χ0) is 21.4. The molecule has 3 heterocycles. The molecule has 1 aromatic carbocycles. The average Bonchev–Trinajstić information content (AvgIpc) is 3.06. The van der Waals surface area contributed by atoms with Crippen molar-refractivity contribution in [2.24, 2.45) is 11.8 Å². The van der Waals surface area contributed by atoms with Gasteiger partial charge in [0.1, 0.15) is 0 Å². The molecule has 32 heavy (non-hydrogen) atoms. The Hall–Kier alpha value is -2.00. The van der Waals surface area contributed by atoms with Gasteiger partial charge in [0, 0.05) is 36.9 Å². The van der Waals surface area contributed by atoms with Crippen LogP contribution < -0.4 is 4.90 Å². The van der Waals surface area contributed by atoms with E-state index in [0.29, 0.717) is 0 Å². The molecule has 3 nitrogen and oxygen atoms in total. The highest BCUT2D eigenvalue weighted by Crippen LogP contribution is 2.38. The van der Waals surface area contributed by atoms with Crippen LogP contribution in [0.4, 0.5) is 5.82 Å². The van der Waals surface area contributed by atoms with Crippen molar-refractivity contribution in [2.75, 3.05) is 18.0 Å². The topological polar surface area (TPSA) is 21.1 Å². The number of halogens is 1. The third-order valence-corrected chi connectivity index (χ3v) is 8.19. The third kappa shape index (κ3) is 4.29. The zero-order valence-electron chi connectivity index (χ0n) is 19.9. The van der Waals surface area contributed by atoms with E-state index in [-0.39, 0.29) is 12.4 Å². The first-order valence-corrected chi connectivity index (χ1v) is 12.4. The molecule has 2 fully saturated rings. The molecule has 1 aliphatic carbocycles. The third-order valence-electron chi connectivity index (χ3n) is 8.19. The van der Waals surface area contributed by atoms with Crippen LogP contribution in [0.3, 0.4) is 0 Å². The van der Waals surface area contributed by atoms with Crippen molar-refractivity contribution in [1.29, 1.82) is 0 Å². The van der Waals surface area contributed by atoms with Gasteiger partial charge in [-0.25, -0.2) is 4.98 Å². The maximum Gasteiger partial charge on any atom is 0.153 e. The number of nitrogens with zero attached hydrogens (tertiary/aromatic N) is 3. The molecule has 2 aliphatic rings. The minimum atomic E-state index is 0. The van der Waals surface area contributed by atoms with Gasteiger partial charge < -0.3 is 9.47 Å². The molecule has 0 amide bonds. The summed E-state index contributed by atoms with van der Waals surface area (Å²) in [6, 6.07) is 11.0. The van der Waals surface area contributed by atoms with Crippen molar-refractivity contribution >= 4 is 29.1 Å². The summed E-state index contributed by atoms with van der Waals surface area (Å²) < 4.78 is 2.53. The Kier molecular flexibility index (Phi) is 7.14. The number of aryl methyl sites for hydroxylation is 2. The maximum atomic E-state index is 4.99. The normalized spacial score (nSPS) is 19.8. The average molecular weight is 452 g/mol. The van der Waals surface area contributed by atoms with E-state index in [1.165, 1.54) is 90.6 Å². The summed E-state index contributed by atoms with van der Waals surface area (Å²) in [4.78, 5) is 7.62. The Bertz CT molecular complexity index is 1060. The fourth-order valence-electron chi connectivity index (χ4n) is 6.16. The van der Waals surface area contributed by atoms with Gasteiger partial charge in [-0.2, -0.15) is 0 Å². The van der Waals surface area contributed by atoms with Crippen LogP contribution in [0.15, 0.2) is 36.5 Å². The lowest BCUT2D eigenvalue weighted by Gasteiger charge is -2.39. The molecule has 0 N–H and O–H groups in total. The number of aromatic nitrogens is 2. The first-order chi connectivity index (χ1) is 15.1. The minimum Gasteiger partial charge on any atom is -0.355 e. The lowest BCUT2D eigenvalue weighted by Crippen LogP contribution is -2.39. The second-order valence-corrected chi connectivity index (χ2v) is 10.0.